The molecule has 3 aliphatic rings. The monoisotopic (exact) mass is 466 g/mol. The Balaban J connectivity index is 1.59. The van der Waals surface area contributed by atoms with Crippen LogP contribution in [0, 0.1) is 24.6 Å². The Morgan fingerprint density at radius 3 is 2.65 bits per heavy atom. The number of piperazine rings is 1. The van der Waals surface area contributed by atoms with Gasteiger partial charge in [-0.1, -0.05) is 29.8 Å². The highest BCUT2D eigenvalue weighted by molar-refractivity contribution is 6.02. The van der Waals surface area contributed by atoms with Crippen LogP contribution in [-0.4, -0.2) is 52.9 Å². The number of ether oxygens (including phenoxy) is 2. The van der Waals surface area contributed by atoms with Gasteiger partial charge in [0.25, 0.3) is 0 Å². The number of hydrogen-bond donors (Lipinski definition) is 0. The lowest BCUT2D eigenvalue weighted by molar-refractivity contribution is -0.170. The summed E-state index contributed by atoms with van der Waals surface area (Å²) in [4.78, 5) is 44.0. The van der Waals surface area contributed by atoms with Crippen molar-refractivity contribution in [2.45, 2.75) is 38.9 Å². The molecule has 3 aliphatic heterocycles. The molecule has 0 radical (unpaired) electrons. The molecule has 7 nitrogen and oxygen atoms in total. The van der Waals surface area contributed by atoms with Crippen LogP contribution < -0.4 is 4.74 Å². The van der Waals surface area contributed by atoms with Crippen molar-refractivity contribution in [2.75, 3.05) is 19.8 Å². The molecule has 3 heterocycles. The maximum atomic E-state index is 14.0. The van der Waals surface area contributed by atoms with Crippen molar-refractivity contribution < 1.29 is 28.2 Å². The van der Waals surface area contributed by atoms with Crippen LogP contribution in [-0.2, 0) is 25.7 Å². The number of halogens is 1. The second-order valence-corrected chi connectivity index (χ2v) is 9.39. The number of hydrogen-bond acceptors (Lipinski definition) is 5. The van der Waals surface area contributed by atoms with E-state index in [1.165, 1.54) is 17.0 Å². The first-order chi connectivity index (χ1) is 16.3. The Bertz CT molecular complexity index is 1170. The molecule has 8 heteroatoms. The summed E-state index contributed by atoms with van der Waals surface area (Å²) in [5, 5.41) is 0. The summed E-state index contributed by atoms with van der Waals surface area (Å²) in [5.41, 5.74) is 1.08. The number of amides is 2. The Kier molecular flexibility index (Phi) is 5.34. The maximum Gasteiger partial charge on any atom is 0.312 e. The zero-order chi connectivity index (χ0) is 24.2. The van der Waals surface area contributed by atoms with E-state index in [1.807, 2.05) is 25.1 Å². The molecule has 178 valence electrons. The van der Waals surface area contributed by atoms with E-state index in [-0.39, 0.29) is 43.9 Å². The standard InChI is InChI=1S/C26H27FN2O5/c1-4-33-24(31)22-19-14-34-20-10-5-15(2)11-18(20)23(19)29-21(30)13-28(25(32)26(22,29)3)12-16-6-8-17(27)9-7-16/h5-11,19,22-23H,4,12-14H2,1-3H3/t19?,22?,23?,26-/m1/s1. The van der Waals surface area contributed by atoms with Crippen molar-refractivity contribution in [1.29, 1.82) is 0 Å². The number of carbonyl (C=O) groups is 3. The van der Waals surface area contributed by atoms with Gasteiger partial charge >= 0.3 is 5.97 Å². The molecule has 0 aliphatic carbocycles. The Morgan fingerprint density at radius 2 is 1.94 bits per heavy atom. The highest BCUT2D eigenvalue weighted by Gasteiger charge is 2.69. The van der Waals surface area contributed by atoms with Gasteiger partial charge < -0.3 is 19.3 Å². The van der Waals surface area contributed by atoms with Crippen LogP contribution in [0.2, 0.25) is 0 Å². The summed E-state index contributed by atoms with van der Waals surface area (Å²) in [6, 6.07) is 11.1. The van der Waals surface area contributed by atoms with Crippen molar-refractivity contribution in [3.8, 4) is 5.75 Å². The van der Waals surface area contributed by atoms with Crippen LogP contribution in [0.15, 0.2) is 42.5 Å². The number of fused-ring (bicyclic) bond motifs is 5. The first-order valence-electron chi connectivity index (χ1n) is 11.5. The van der Waals surface area contributed by atoms with Crippen molar-refractivity contribution in [2.24, 2.45) is 11.8 Å². The molecule has 34 heavy (non-hydrogen) atoms. The average Bonchev–Trinajstić information content (AvgIpc) is 3.09. The normalized spacial score (nSPS) is 27.6. The third kappa shape index (κ3) is 3.27. The lowest BCUT2D eigenvalue weighted by Gasteiger charge is -2.47. The van der Waals surface area contributed by atoms with Crippen LogP contribution >= 0.6 is 0 Å². The number of esters is 1. The van der Waals surface area contributed by atoms with Gasteiger partial charge in [-0.3, -0.25) is 14.4 Å². The smallest absolute Gasteiger partial charge is 0.312 e. The van der Waals surface area contributed by atoms with Gasteiger partial charge in [0.2, 0.25) is 11.8 Å². The molecule has 2 amide bonds. The summed E-state index contributed by atoms with van der Waals surface area (Å²) in [6.45, 7) is 5.73. The van der Waals surface area contributed by atoms with E-state index < -0.39 is 29.4 Å². The number of carbonyl (C=O) groups excluding carboxylic acids is 3. The molecular weight excluding hydrogens is 439 g/mol. The van der Waals surface area contributed by atoms with Gasteiger partial charge in [-0.05, 0) is 44.5 Å². The van der Waals surface area contributed by atoms with E-state index in [9.17, 15) is 18.8 Å². The summed E-state index contributed by atoms with van der Waals surface area (Å²) < 4.78 is 24.8. The number of aryl methyl sites for hydroxylation is 1. The van der Waals surface area contributed by atoms with Crippen molar-refractivity contribution >= 4 is 17.8 Å². The van der Waals surface area contributed by atoms with E-state index in [1.54, 1.807) is 30.9 Å². The first-order valence-corrected chi connectivity index (χ1v) is 11.5. The van der Waals surface area contributed by atoms with Crippen LogP contribution in [0.1, 0.15) is 36.6 Å². The zero-order valence-electron chi connectivity index (χ0n) is 19.4. The molecule has 0 spiro atoms. The van der Waals surface area contributed by atoms with Crippen molar-refractivity contribution in [3.05, 3.63) is 65.0 Å². The van der Waals surface area contributed by atoms with E-state index in [4.69, 9.17) is 9.47 Å². The van der Waals surface area contributed by atoms with Crippen LogP contribution in [0.3, 0.4) is 0 Å². The van der Waals surface area contributed by atoms with Crippen molar-refractivity contribution in [1.82, 2.24) is 9.80 Å². The molecule has 0 saturated carbocycles. The van der Waals surface area contributed by atoms with Crippen molar-refractivity contribution in [3.63, 3.8) is 0 Å². The van der Waals surface area contributed by atoms with Crippen LogP contribution in [0.4, 0.5) is 4.39 Å². The Hall–Kier alpha value is -3.42. The molecule has 0 aromatic heterocycles. The highest BCUT2D eigenvalue weighted by atomic mass is 19.1. The van der Waals surface area contributed by atoms with Gasteiger partial charge in [0, 0.05) is 18.0 Å². The van der Waals surface area contributed by atoms with Gasteiger partial charge in [0.1, 0.15) is 23.7 Å². The second-order valence-electron chi connectivity index (χ2n) is 9.39. The number of nitrogens with zero attached hydrogens (tertiary/aromatic N) is 2. The molecule has 2 aromatic carbocycles. The van der Waals surface area contributed by atoms with E-state index in [0.717, 1.165) is 11.1 Å². The minimum absolute atomic E-state index is 0.118. The zero-order valence-corrected chi connectivity index (χ0v) is 19.4. The summed E-state index contributed by atoms with van der Waals surface area (Å²) in [5.74, 6) is -2.08. The number of rotatable bonds is 4. The molecule has 3 unspecified atom stereocenters. The lowest BCUT2D eigenvalue weighted by Crippen LogP contribution is -2.67. The lowest BCUT2D eigenvalue weighted by atomic mass is 9.77. The molecule has 2 fully saturated rings. The fourth-order valence-corrected chi connectivity index (χ4v) is 5.86. The predicted molar refractivity (Wildman–Crippen MR) is 120 cm³/mol. The molecule has 5 rings (SSSR count). The first kappa shape index (κ1) is 22.4. The minimum Gasteiger partial charge on any atom is -0.493 e. The average molecular weight is 467 g/mol. The van der Waals surface area contributed by atoms with Gasteiger partial charge in [-0.25, -0.2) is 4.39 Å². The summed E-state index contributed by atoms with van der Waals surface area (Å²) >= 11 is 0. The molecule has 0 N–H and O–H groups in total. The fraction of sp³-hybridized carbons (Fsp3) is 0.423. The second kappa shape index (κ2) is 8.11. The van der Waals surface area contributed by atoms with Crippen LogP contribution in [0.25, 0.3) is 0 Å². The largest absolute Gasteiger partial charge is 0.493 e. The van der Waals surface area contributed by atoms with Gasteiger partial charge in [-0.15, -0.1) is 0 Å². The highest BCUT2D eigenvalue weighted by Crippen LogP contribution is 2.56. The molecule has 2 aromatic rings. The maximum absolute atomic E-state index is 14.0. The molecule has 2 saturated heterocycles. The third-order valence-corrected chi connectivity index (χ3v) is 7.28. The third-order valence-electron chi connectivity index (χ3n) is 7.28. The molecule has 0 bridgehead atoms. The van der Waals surface area contributed by atoms with E-state index in [2.05, 4.69) is 0 Å². The fourth-order valence-electron chi connectivity index (χ4n) is 5.86. The SMILES string of the molecule is CCOC(=O)C1C2COc3ccc(C)cc3C2N2C(=O)CN(Cc3ccc(F)cc3)C(=O)[C@@]12C. The quantitative estimate of drug-likeness (QED) is 0.648. The predicted octanol–water partition coefficient (Wildman–Crippen LogP) is 3.01. The van der Waals surface area contributed by atoms with Gasteiger partial charge in [0.05, 0.1) is 25.2 Å². The van der Waals surface area contributed by atoms with E-state index >= 15 is 0 Å². The minimum atomic E-state index is -1.42. The van der Waals surface area contributed by atoms with Gasteiger partial charge in [0.15, 0.2) is 0 Å². The van der Waals surface area contributed by atoms with Crippen LogP contribution in [0.5, 0.6) is 5.75 Å². The summed E-state index contributed by atoms with van der Waals surface area (Å²) in [6.07, 6.45) is 0. The van der Waals surface area contributed by atoms with Gasteiger partial charge in [-0.2, -0.15) is 0 Å². The Morgan fingerprint density at radius 1 is 1.21 bits per heavy atom. The number of benzene rings is 2. The Labute approximate surface area is 197 Å². The molecule has 4 atom stereocenters. The topological polar surface area (TPSA) is 76.2 Å². The summed E-state index contributed by atoms with van der Waals surface area (Å²) in [7, 11) is 0. The molecular formula is C26H27FN2O5. The van der Waals surface area contributed by atoms with E-state index in [0.29, 0.717) is 11.3 Å².